The van der Waals surface area contributed by atoms with Crippen molar-refractivity contribution in [1.29, 1.82) is 0 Å². The molecule has 1 aliphatic rings. The van der Waals surface area contributed by atoms with Gasteiger partial charge in [-0.2, -0.15) is 5.10 Å². The van der Waals surface area contributed by atoms with Crippen molar-refractivity contribution in [3.05, 3.63) is 52.9 Å². The number of tetrazole rings is 1. The minimum atomic E-state index is 0.0326. The summed E-state index contributed by atoms with van der Waals surface area (Å²) < 4.78 is 3.50. The predicted octanol–water partition coefficient (Wildman–Crippen LogP) is 2.21. The van der Waals surface area contributed by atoms with E-state index in [1.165, 1.54) is 16.9 Å². The fourth-order valence-electron chi connectivity index (χ4n) is 3.76. The molecule has 0 saturated heterocycles. The third-order valence-electron chi connectivity index (χ3n) is 5.35. The summed E-state index contributed by atoms with van der Waals surface area (Å²) >= 11 is 1.61. The second-order valence-corrected chi connectivity index (χ2v) is 8.19. The summed E-state index contributed by atoms with van der Waals surface area (Å²) in [5.74, 6) is 0.0326. The SMILES string of the molecule is CCN(C(=O)Cc1ccc(-n2cnnn2)cc1)c1nc2c(s1)CCc1c-2cnn1C. The van der Waals surface area contributed by atoms with Gasteiger partial charge in [0.15, 0.2) is 5.13 Å². The van der Waals surface area contributed by atoms with Gasteiger partial charge in [0, 0.05) is 29.7 Å². The molecule has 4 aromatic rings. The average molecular weight is 421 g/mol. The summed E-state index contributed by atoms with van der Waals surface area (Å²) in [6.45, 7) is 2.56. The van der Waals surface area contributed by atoms with Crippen LogP contribution in [0.15, 0.2) is 36.8 Å². The number of likely N-dealkylation sites (N-methyl/N-ethyl adjacent to an activating group) is 1. The zero-order valence-electron chi connectivity index (χ0n) is 16.7. The monoisotopic (exact) mass is 420 g/mol. The number of anilines is 1. The van der Waals surface area contributed by atoms with Gasteiger partial charge in [-0.25, -0.2) is 9.67 Å². The smallest absolute Gasteiger partial charge is 0.233 e. The van der Waals surface area contributed by atoms with Crippen molar-refractivity contribution in [3.8, 4) is 16.9 Å². The second kappa shape index (κ2) is 7.45. The molecule has 3 heterocycles. The Kier molecular flexibility index (Phi) is 4.62. The van der Waals surface area contributed by atoms with Gasteiger partial charge in [0.05, 0.1) is 24.0 Å². The number of hydrogen-bond donors (Lipinski definition) is 0. The molecule has 1 amide bonds. The summed E-state index contributed by atoms with van der Waals surface area (Å²) in [6, 6.07) is 7.66. The molecule has 3 aromatic heterocycles. The van der Waals surface area contributed by atoms with E-state index in [0.717, 1.165) is 40.5 Å². The van der Waals surface area contributed by atoms with Crippen LogP contribution < -0.4 is 4.90 Å². The highest BCUT2D eigenvalue weighted by molar-refractivity contribution is 7.16. The van der Waals surface area contributed by atoms with Crippen molar-refractivity contribution >= 4 is 22.4 Å². The fraction of sp³-hybridized carbons (Fsp3) is 0.300. The normalized spacial score (nSPS) is 12.5. The topological polar surface area (TPSA) is 94.6 Å². The highest BCUT2D eigenvalue weighted by Gasteiger charge is 2.27. The Morgan fingerprint density at radius 2 is 2.07 bits per heavy atom. The van der Waals surface area contributed by atoms with E-state index in [-0.39, 0.29) is 5.91 Å². The van der Waals surface area contributed by atoms with Crippen LogP contribution in [0.3, 0.4) is 0 Å². The second-order valence-electron chi connectivity index (χ2n) is 7.13. The lowest BCUT2D eigenvalue weighted by Crippen LogP contribution is -2.31. The van der Waals surface area contributed by atoms with E-state index in [2.05, 4.69) is 20.6 Å². The van der Waals surface area contributed by atoms with Crippen LogP contribution in [0.1, 0.15) is 23.1 Å². The third kappa shape index (κ3) is 3.18. The third-order valence-corrected chi connectivity index (χ3v) is 6.48. The van der Waals surface area contributed by atoms with Gasteiger partial charge in [0.25, 0.3) is 0 Å². The quantitative estimate of drug-likeness (QED) is 0.491. The van der Waals surface area contributed by atoms with Crippen molar-refractivity contribution < 1.29 is 4.79 Å². The maximum absolute atomic E-state index is 13.1. The minimum Gasteiger partial charge on any atom is -0.288 e. The van der Waals surface area contributed by atoms with E-state index in [0.29, 0.717) is 13.0 Å². The van der Waals surface area contributed by atoms with E-state index in [9.17, 15) is 4.79 Å². The first-order valence-corrected chi connectivity index (χ1v) is 10.6. The number of nitrogens with zero attached hydrogens (tertiary/aromatic N) is 8. The van der Waals surface area contributed by atoms with Crippen molar-refractivity contribution in [1.82, 2.24) is 35.0 Å². The summed E-state index contributed by atoms with van der Waals surface area (Å²) in [4.78, 5) is 20.9. The van der Waals surface area contributed by atoms with Crippen LogP contribution in [-0.2, 0) is 31.1 Å². The molecule has 0 aliphatic heterocycles. The van der Waals surface area contributed by atoms with E-state index < -0.39 is 0 Å². The maximum atomic E-state index is 13.1. The molecule has 0 unspecified atom stereocenters. The van der Waals surface area contributed by atoms with Crippen LogP contribution in [0.2, 0.25) is 0 Å². The largest absolute Gasteiger partial charge is 0.288 e. The lowest BCUT2D eigenvalue weighted by Gasteiger charge is -2.17. The Balaban J connectivity index is 1.36. The standard InChI is InChI=1S/C20H20N8OS/c1-3-27(18(29)10-13-4-6-14(7-5-13)28-12-21-24-25-28)20-23-19-15-11-22-26(2)16(15)8-9-17(19)30-20/h4-7,11-12H,3,8-10H2,1-2H3. The Hall–Kier alpha value is -3.40. The van der Waals surface area contributed by atoms with E-state index >= 15 is 0 Å². The Morgan fingerprint density at radius 3 is 2.80 bits per heavy atom. The first kappa shape index (κ1) is 18.6. The molecule has 5 rings (SSSR count). The summed E-state index contributed by atoms with van der Waals surface area (Å²) in [6.07, 6.45) is 5.61. The van der Waals surface area contributed by atoms with Crippen LogP contribution in [0.25, 0.3) is 16.9 Å². The number of hydrogen-bond acceptors (Lipinski definition) is 7. The van der Waals surface area contributed by atoms with Gasteiger partial charge in [-0.15, -0.1) is 16.4 Å². The molecule has 0 radical (unpaired) electrons. The minimum absolute atomic E-state index is 0.0326. The lowest BCUT2D eigenvalue weighted by atomic mass is 10.0. The Morgan fingerprint density at radius 1 is 1.23 bits per heavy atom. The van der Waals surface area contributed by atoms with Gasteiger partial charge in [0.2, 0.25) is 5.91 Å². The number of aryl methyl sites for hydroxylation is 2. The molecular formula is C20H20N8OS. The molecule has 152 valence electrons. The number of amides is 1. The molecule has 9 nitrogen and oxygen atoms in total. The molecule has 0 bridgehead atoms. The molecule has 30 heavy (non-hydrogen) atoms. The van der Waals surface area contributed by atoms with Crippen molar-refractivity contribution in [3.63, 3.8) is 0 Å². The Bertz CT molecular complexity index is 1190. The van der Waals surface area contributed by atoms with Crippen LogP contribution in [0.5, 0.6) is 0 Å². The molecule has 0 saturated carbocycles. The van der Waals surface area contributed by atoms with Gasteiger partial charge in [-0.05, 0) is 47.9 Å². The summed E-state index contributed by atoms with van der Waals surface area (Å²) in [5, 5.41) is 16.3. The lowest BCUT2D eigenvalue weighted by molar-refractivity contribution is -0.117. The number of benzene rings is 1. The summed E-state index contributed by atoms with van der Waals surface area (Å²) in [7, 11) is 1.96. The molecule has 10 heteroatoms. The number of fused-ring (bicyclic) bond motifs is 3. The molecule has 0 fully saturated rings. The van der Waals surface area contributed by atoms with Crippen molar-refractivity contribution in [2.24, 2.45) is 7.05 Å². The highest BCUT2D eigenvalue weighted by atomic mass is 32.1. The fourth-order valence-corrected chi connectivity index (χ4v) is 4.91. The van der Waals surface area contributed by atoms with E-state index in [4.69, 9.17) is 4.98 Å². The van der Waals surface area contributed by atoms with Crippen LogP contribution in [0.4, 0.5) is 5.13 Å². The number of carbonyl (C=O) groups is 1. The van der Waals surface area contributed by atoms with Gasteiger partial charge < -0.3 is 0 Å². The van der Waals surface area contributed by atoms with Crippen LogP contribution in [0, 0.1) is 0 Å². The zero-order chi connectivity index (χ0) is 20.7. The van der Waals surface area contributed by atoms with Crippen LogP contribution in [-0.4, -0.2) is 47.4 Å². The Labute approximate surface area is 177 Å². The predicted molar refractivity (Wildman–Crippen MR) is 113 cm³/mol. The zero-order valence-corrected chi connectivity index (χ0v) is 17.5. The molecule has 0 spiro atoms. The maximum Gasteiger partial charge on any atom is 0.233 e. The van der Waals surface area contributed by atoms with E-state index in [1.807, 2.05) is 49.1 Å². The molecular weight excluding hydrogens is 400 g/mol. The van der Waals surface area contributed by atoms with E-state index in [1.54, 1.807) is 20.9 Å². The number of aromatic nitrogens is 7. The summed E-state index contributed by atoms with van der Waals surface area (Å²) in [5.41, 5.74) is 5.05. The average Bonchev–Trinajstić information content (AvgIpc) is 3.49. The molecule has 0 N–H and O–H groups in total. The number of thiazole rings is 1. The first-order valence-electron chi connectivity index (χ1n) is 9.77. The first-order chi connectivity index (χ1) is 14.6. The molecule has 1 aromatic carbocycles. The van der Waals surface area contributed by atoms with Gasteiger partial charge >= 0.3 is 0 Å². The van der Waals surface area contributed by atoms with Gasteiger partial charge in [0.1, 0.15) is 6.33 Å². The van der Waals surface area contributed by atoms with Gasteiger partial charge in [-0.1, -0.05) is 12.1 Å². The number of carbonyl (C=O) groups excluding carboxylic acids is 1. The highest BCUT2D eigenvalue weighted by Crippen LogP contribution is 2.39. The van der Waals surface area contributed by atoms with Crippen LogP contribution >= 0.6 is 11.3 Å². The van der Waals surface area contributed by atoms with Crippen molar-refractivity contribution in [2.75, 3.05) is 11.4 Å². The molecule has 0 atom stereocenters. The number of rotatable bonds is 5. The van der Waals surface area contributed by atoms with Gasteiger partial charge in [-0.3, -0.25) is 14.4 Å². The van der Waals surface area contributed by atoms with Crippen molar-refractivity contribution in [2.45, 2.75) is 26.2 Å². The molecule has 1 aliphatic carbocycles.